The first-order valence-corrected chi connectivity index (χ1v) is 7.42. The number of nitriles is 1. The number of carbonyl (C=O) groups is 1. The lowest BCUT2D eigenvalue weighted by Crippen LogP contribution is -2.48. The van der Waals surface area contributed by atoms with Crippen molar-refractivity contribution < 1.29 is 9.63 Å². The van der Waals surface area contributed by atoms with Gasteiger partial charge in [0.15, 0.2) is 0 Å². The number of carbonyl (C=O) groups excluding carboxylic acids is 1. The van der Waals surface area contributed by atoms with Gasteiger partial charge in [0.1, 0.15) is 6.10 Å². The smallest absolute Gasteiger partial charge is 0.267 e. The van der Waals surface area contributed by atoms with Gasteiger partial charge in [0.05, 0.1) is 17.5 Å². The number of nitrogens with zero attached hydrogens (tertiary/aromatic N) is 2. The number of hydrogen-bond donors (Lipinski definition) is 0. The number of fused-ring (bicyclic) bond motifs is 2. The molecule has 2 bridgehead atoms. The fourth-order valence-electron chi connectivity index (χ4n) is 3.13. The van der Waals surface area contributed by atoms with E-state index in [0.717, 1.165) is 31.2 Å². The number of rotatable bonds is 2. The third-order valence-corrected chi connectivity index (χ3v) is 4.69. The van der Waals surface area contributed by atoms with Crippen molar-refractivity contribution in [2.24, 2.45) is 0 Å². The van der Waals surface area contributed by atoms with Crippen molar-refractivity contribution >= 4 is 5.91 Å². The molecule has 1 amide bonds. The molecule has 0 aromatic heterocycles. The zero-order chi connectivity index (χ0) is 14.4. The van der Waals surface area contributed by atoms with Crippen molar-refractivity contribution in [2.45, 2.75) is 43.2 Å². The molecule has 2 unspecified atom stereocenters. The average molecular weight is 280 g/mol. The molecule has 0 radical (unpaired) electrons. The highest BCUT2D eigenvalue weighted by Gasteiger charge is 2.45. The summed E-state index contributed by atoms with van der Waals surface area (Å²) in [5.41, 5.74) is 1.33. The van der Waals surface area contributed by atoms with Gasteiger partial charge in [-0.25, -0.2) is 5.06 Å². The van der Waals surface area contributed by atoms with Crippen molar-refractivity contribution in [3.05, 3.63) is 47.5 Å². The molecule has 106 valence electrons. The minimum Gasteiger partial charge on any atom is -0.267 e. The zero-order valence-corrected chi connectivity index (χ0v) is 11.7. The Kier molecular flexibility index (Phi) is 2.66. The first-order valence-electron chi connectivity index (χ1n) is 7.42. The highest BCUT2D eigenvalue weighted by Crippen LogP contribution is 2.47. The van der Waals surface area contributed by atoms with E-state index in [1.165, 1.54) is 5.06 Å². The van der Waals surface area contributed by atoms with E-state index in [-0.39, 0.29) is 23.5 Å². The van der Waals surface area contributed by atoms with E-state index in [0.29, 0.717) is 5.56 Å². The van der Waals surface area contributed by atoms with E-state index >= 15 is 0 Å². The highest BCUT2D eigenvalue weighted by atomic mass is 16.7. The molecule has 5 rings (SSSR count). The number of hydroxylamine groups is 2. The van der Waals surface area contributed by atoms with Crippen LogP contribution in [0.2, 0.25) is 0 Å². The molecule has 4 heteroatoms. The summed E-state index contributed by atoms with van der Waals surface area (Å²) >= 11 is 0. The molecule has 0 N–H and O–H groups in total. The second-order valence-electron chi connectivity index (χ2n) is 6.08. The van der Waals surface area contributed by atoms with Gasteiger partial charge in [-0.1, -0.05) is 24.3 Å². The lowest BCUT2D eigenvalue weighted by molar-refractivity contribution is -0.197. The number of amides is 1. The molecule has 0 spiro atoms. The van der Waals surface area contributed by atoms with E-state index in [4.69, 9.17) is 4.84 Å². The van der Waals surface area contributed by atoms with Gasteiger partial charge in [-0.3, -0.25) is 9.63 Å². The molecule has 2 heterocycles. The van der Waals surface area contributed by atoms with Gasteiger partial charge in [-0.05, 0) is 43.4 Å². The fraction of sp³-hybridized carbons (Fsp3) is 0.412. The second kappa shape index (κ2) is 4.44. The third kappa shape index (κ3) is 1.97. The Morgan fingerprint density at radius 1 is 1.24 bits per heavy atom. The van der Waals surface area contributed by atoms with E-state index in [2.05, 4.69) is 12.1 Å². The summed E-state index contributed by atoms with van der Waals surface area (Å²) in [6, 6.07) is 9.85. The quantitative estimate of drug-likeness (QED) is 0.783. The highest BCUT2D eigenvalue weighted by molar-refractivity contribution is 5.94. The first kappa shape index (κ1) is 12.6. The van der Waals surface area contributed by atoms with E-state index < -0.39 is 0 Å². The van der Waals surface area contributed by atoms with Crippen molar-refractivity contribution in [3.63, 3.8) is 0 Å². The van der Waals surface area contributed by atoms with Gasteiger partial charge in [0.2, 0.25) is 0 Å². The minimum atomic E-state index is -0.301. The molecule has 4 aliphatic rings. The molecule has 2 fully saturated rings. The maximum atomic E-state index is 12.5. The molecule has 2 atom stereocenters. The third-order valence-electron chi connectivity index (χ3n) is 4.69. The Morgan fingerprint density at radius 3 is 2.48 bits per heavy atom. The van der Waals surface area contributed by atoms with Crippen LogP contribution >= 0.6 is 0 Å². The largest absolute Gasteiger partial charge is 0.278 e. The standard InChI is InChI=1S/C17H16N2O2/c18-11-17(9-10-17)13-3-1-12(2-4-13)16(20)19-14-5-7-15(21-19)8-6-14/h1-5,7,14-15H,6,8-10H2. The first-order chi connectivity index (χ1) is 10.2. The predicted molar refractivity (Wildman–Crippen MR) is 76.2 cm³/mol. The predicted octanol–water partition coefficient (Wildman–Crippen LogP) is 2.72. The van der Waals surface area contributed by atoms with Crippen LogP contribution < -0.4 is 0 Å². The normalized spacial score (nSPS) is 28.2. The molecule has 1 aromatic carbocycles. The maximum absolute atomic E-state index is 12.5. The van der Waals surface area contributed by atoms with E-state index in [1.54, 1.807) is 0 Å². The van der Waals surface area contributed by atoms with Crippen molar-refractivity contribution in [2.75, 3.05) is 0 Å². The second-order valence-corrected chi connectivity index (χ2v) is 6.08. The minimum absolute atomic E-state index is 0.0338. The lowest BCUT2D eigenvalue weighted by Gasteiger charge is -2.40. The van der Waals surface area contributed by atoms with Gasteiger partial charge in [0, 0.05) is 5.56 Å². The van der Waals surface area contributed by atoms with Crippen LogP contribution in [0.5, 0.6) is 0 Å². The summed E-state index contributed by atoms with van der Waals surface area (Å²) in [6.07, 6.45) is 7.90. The van der Waals surface area contributed by atoms with E-state index in [9.17, 15) is 10.1 Å². The van der Waals surface area contributed by atoms with Crippen LogP contribution in [-0.2, 0) is 10.3 Å². The van der Waals surface area contributed by atoms with Crippen LogP contribution in [0.1, 0.15) is 41.6 Å². The monoisotopic (exact) mass is 280 g/mol. The summed E-state index contributed by atoms with van der Waals surface area (Å²) in [7, 11) is 0. The van der Waals surface area contributed by atoms with E-state index in [1.807, 2.05) is 30.3 Å². The van der Waals surface area contributed by atoms with Crippen LogP contribution in [0.4, 0.5) is 0 Å². The van der Waals surface area contributed by atoms with Gasteiger partial charge < -0.3 is 0 Å². The van der Waals surface area contributed by atoms with Crippen LogP contribution in [0.15, 0.2) is 36.4 Å². The molecule has 2 aliphatic carbocycles. The van der Waals surface area contributed by atoms with Gasteiger partial charge >= 0.3 is 0 Å². The Balaban J connectivity index is 1.56. The SMILES string of the molecule is N#CC1(c2ccc(C(=O)N3OC4C=CC3CC4)cc2)CC1. The molecule has 1 saturated heterocycles. The molecular formula is C17H16N2O2. The Labute approximate surface area is 123 Å². The molecular weight excluding hydrogens is 264 g/mol. The van der Waals surface area contributed by atoms with Gasteiger partial charge in [0.25, 0.3) is 5.91 Å². The van der Waals surface area contributed by atoms with Crippen LogP contribution in [0.25, 0.3) is 0 Å². The van der Waals surface area contributed by atoms with Crippen LogP contribution in [0, 0.1) is 11.3 Å². The van der Waals surface area contributed by atoms with Crippen molar-refractivity contribution in [1.29, 1.82) is 5.26 Å². The summed E-state index contributed by atoms with van der Waals surface area (Å²) < 4.78 is 0. The molecule has 1 saturated carbocycles. The Bertz CT molecular complexity index is 652. The fourth-order valence-corrected chi connectivity index (χ4v) is 3.13. The summed E-state index contributed by atoms with van der Waals surface area (Å²) in [6.45, 7) is 0. The van der Waals surface area contributed by atoms with Gasteiger partial charge in [-0.2, -0.15) is 5.26 Å². The Hall–Kier alpha value is -2.12. The van der Waals surface area contributed by atoms with Crippen LogP contribution in [0.3, 0.4) is 0 Å². The zero-order valence-electron chi connectivity index (χ0n) is 11.7. The number of benzene rings is 1. The van der Waals surface area contributed by atoms with Gasteiger partial charge in [-0.15, -0.1) is 0 Å². The maximum Gasteiger partial charge on any atom is 0.278 e. The lowest BCUT2D eigenvalue weighted by atomic mass is 9.95. The topological polar surface area (TPSA) is 53.3 Å². The molecule has 1 aromatic rings. The molecule has 2 aliphatic heterocycles. The molecule has 4 nitrogen and oxygen atoms in total. The van der Waals surface area contributed by atoms with Crippen molar-refractivity contribution in [1.82, 2.24) is 5.06 Å². The Morgan fingerprint density at radius 2 is 2.00 bits per heavy atom. The number of hydrogen-bond acceptors (Lipinski definition) is 3. The van der Waals surface area contributed by atoms with Crippen LogP contribution in [-0.4, -0.2) is 23.1 Å². The summed E-state index contributed by atoms with van der Waals surface area (Å²) in [4.78, 5) is 18.2. The summed E-state index contributed by atoms with van der Waals surface area (Å²) in [5, 5.41) is 10.7. The molecule has 21 heavy (non-hydrogen) atoms. The van der Waals surface area contributed by atoms with Crippen molar-refractivity contribution in [3.8, 4) is 6.07 Å². The summed E-state index contributed by atoms with van der Waals surface area (Å²) in [5.74, 6) is -0.0950. The average Bonchev–Trinajstić information content (AvgIpc) is 3.36.